The molecule has 0 spiro atoms. The average molecular weight is 274 g/mol. The van der Waals surface area contributed by atoms with E-state index in [1.807, 2.05) is 0 Å². The average Bonchev–Trinajstić information content (AvgIpc) is 2.02. The molecule has 0 N–H and O–H groups in total. The summed E-state index contributed by atoms with van der Waals surface area (Å²) in [6.45, 7) is 0. The Bertz CT molecular complexity index is 397. The summed E-state index contributed by atoms with van der Waals surface area (Å²) in [5.74, 6) is -0.294. The maximum Gasteiger partial charge on any atom is 0.181 e. The first-order valence-corrected chi connectivity index (χ1v) is 6.58. The van der Waals surface area contributed by atoms with E-state index in [0.717, 1.165) is 0 Å². The fourth-order valence-electron chi connectivity index (χ4n) is 0.904. The van der Waals surface area contributed by atoms with Crippen molar-refractivity contribution in [1.29, 1.82) is 0 Å². The molecule has 0 saturated carbocycles. The van der Waals surface area contributed by atoms with E-state index in [2.05, 4.69) is 0 Å². The summed E-state index contributed by atoms with van der Waals surface area (Å²) in [6.07, 6.45) is 0. The van der Waals surface area contributed by atoms with Crippen molar-refractivity contribution in [3.05, 3.63) is 29.3 Å². The van der Waals surface area contributed by atoms with E-state index in [1.165, 1.54) is 24.3 Å². The Morgan fingerprint density at radius 2 is 1.64 bits per heavy atom. The highest BCUT2D eigenvalue weighted by Gasteiger charge is 2.17. The molecule has 2 nitrogen and oxygen atoms in total. The molecule has 0 aliphatic heterocycles. The maximum absolute atomic E-state index is 11.5. The van der Waals surface area contributed by atoms with E-state index in [0.29, 0.717) is 5.02 Å². The van der Waals surface area contributed by atoms with Crippen LogP contribution in [0.1, 0.15) is 0 Å². The monoisotopic (exact) mass is 272 g/mol. The molecule has 14 heavy (non-hydrogen) atoms. The van der Waals surface area contributed by atoms with E-state index in [9.17, 15) is 8.42 Å². The van der Waals surface area contributed by atoms with Gasteiger partial charge in [0.15, 0.2) is 9.84 Å². The first kappa shape index (κ1) is 12.1. The molecule has 78 valence electrons. The van der Waals surface area contributed by atoms with Gasteiger partial charge in [0.2, 0.25) is 0 Å². The highest BCUT2D eigenvalue weighted by Crippen LogP contribution is 2.18. The summed E-state index contributed by atoms with van der Waals surface area (Å²) in [4.78, 5) is -0.746. The number of halogens is 3. The molecule has 1 aromatic rings. The Hall–Kier alpha value is 0.0400. The van der Waals surface area contributed by atoms with Crippen molar-refractivity contribution >= 4 is 44.6 Å². The summed E-state index contributed by atoms with van der Waals surface area (Å²) >= 11 is 16.4. The third kappa shape index (κ3) is 3.31. The van der Waals surface area contributed by atoms with Crippen molar-refractivity contribution in [2.24, 2.45) is 0 Å². The van der Waals surface area contributed by atoms with E-state index in [4.69, 9.17) is 34.8 Å². The van der Waals surface area contributed by atoms with Gasteiger partial charge in [0.05, 0.1) is 10.6 Å². The Kier molecular flexibility index (Phi) is 4.07. The first-order chi connectivity index (χ1) is 6.42. The normalized spacial score (nSPS) is 12.0. The summed E-state index contributed by atoms with van der Waals surface area (Å²) in [5, 5.41) is 0.484. The molecule has 0 heterocycles. The van der Waals surface area contributed by atoms with Gasteiger partial charge in [0.1, 0.15) is 4.84 Å². The molecule has 0 saturated heterocycles. The van der Waals surface area contributed by atoms with Crippen molar-refractivity contribution in [2.45, 2.75) is 9.73 Å². The molecule has 0 aromatic heterocycles. The molecule has 1 rings (SSSR count). The number of rotatable bonds is 3. The van der Waals surface area contributed by atoms with E-state index >= 15 is 0 Å². The van der Waals surface area contributed by atoms with Crippen LogP contribution >= 0.6 is 34.8 Å². The predicted molar refractivity (Wildman–Crippen MR) is 59.0 cm³/mol. The van der Waals surface area contributed by atoms with Gasteiger partial charge in [-0.2, -0.15) is 0 Å². The number of alkyl halides is 2. The van der Waals surface area contributed by atoms with Gasteiger partial charge < -0.3 is 0 Å². The molecule has 6 heteroatoms. The molecular weight excluding hydrogens is 267 g/mol. The Labute approximate surface area is 97.7 Å². The third-order valence-corrected chi connectivity index (χ3v) is 4.21. The van der Waals surface area contributed by atoms with Crippen LogP contribution in [0.2, 0.25) is 5.02 Å². The Balaban J connectivity index is 2.99. The smallest absolute Gasteiger partial charge is 0.181 e. The van der Waals surface area contributed by atoms with Gasteiger partial charge in [0.25, 0.3) is 0 Å². The highest BCUT2D eigenvalue weighted by atomic mass is 35.5. The van der Waals surface area contributed by atoms with Crippen molar-refractivity contribution in [1.82, 2.24) is 0 Å². The zero-order valence-electron chi connectivity index (χ0n) is 6.95. The number of sulfone groups is 1. The molecule has 0 fully saturated rings. The number of hydrogen-bond acceptors (Lipinski definition) is 2. The molecule has 0 radical (unpaired) electrons. The van der Waals surface area contributed by atoms with Gasteiger partial charge in [-0.25, -0.2) is 8.42 Å². The summed E-state index contributed by atoms with van der Waals surface area (Å²) in [6, 6.07) is 5.86. The second-order valence-corrected chi connectivity index (χ2v) is 6.37. The second kappa shape index (κ2) is 4.71. The van der Waals surface area contributed by atoms with Crippen LogP contribution in [0.15, 0.2) is 29.2 Å². The molecular formula is C8H7Cl3O2S. The second-order valence-electron chi connectivity index (χ2n) is 2.63. The van der Waals surface area contributed by atoms with Crippen LogP contribution in [-0.2, 0) is 9.84 Å². The van der Waals surface area contributed by atoms with Gasteiger partial charge in [-0.15, -0.1) is 23.2 Å². The zero-order chi connectivity index (χ0) is 10.8. The van der Waals surface area contributed by atoms with E-state index < -0.39 is 14.7 Å². The molecule has 0 amide bonds. The van der Waals surface area contributed by atoms with Gasteiger partial charge in [-0.05, 0) is 24.3 Å². The lowest BCUT2D eigenvalue weighted by Gasteiger charge is -2.04. The minimum absolute atomic E-state index is 0.174. The molecule has 0 atom stereocenters. The SMILES string of the molecule is O=S(=O)(CC(Cl)Cl)c1ccc(Cl)cc1. The third-order valence-electron chi connectivity index (χ3n) is 1.52. The van der Waals surface area contributed by atoms with Crippen molar-refractivity contribution in [3.8, 4) is 0 Å². The molecule has 0 unspecified atom stereocenters. The number of benzene rings is 1. The lowest BCUT2D eigenvalue weighted by Crippen LogP contribution is -2.12. The van der Waals surface area contributed by atoms with Crippen LogP contribution in [0.25, 0.3) is 0 Å². The molecule has 1 aromatic carbocycles. The van der Waals surface area contributed by atoms with Crippen molar-refractivity contribution < 1.29 is 8.42 Å². The zero-order valence-corrected chi connectivity index (χ0v) is 10.0. The fourth-order valence-corrected chi connectivity index (χ4v) is 3.10. The van der Waals surface area contributed by atoms with Crippen LogP contribution in [0.3, 0.4) is 0 Å². The summed E-state index contributed by atoms with van der Waals surface area (Å²) in [5.41, 5.74) is 0. The minimum atomic E-state index is -3.40. The summed E-state index contributed by atoms with van der Waals surface area (Å²) in [7, 11) is -3.40. The molecule has 0 aliphatic carbocycles. The quantitative estimate of drug-likeness (QED) is 0.794. The first-order valence-electron chi connectivity index (χ1n) is 3.68. The highest BCUT2D eigenvalue weighted by molar-refractivity contribution is 7.91. The van der Waals surface area contributed by atoms with Crippen molar-refractivity contribution in [2.75, 3.05) is 5.75 Å². The lowest BCUT2D eigenvalue weighted by molar-refractivity contribution is 0.597. The standard InChI is InChI=1S/C8H7Cl3O2S/c9-6-1-3-7(4-2-6)14(12,13)5-8(10)11/h1-4,8H,5H2. The summed E-state index contributed by atoms with van der Waals surface area (Å²) < 4.78 is 23.1. The fraction of sp³-hybridized carbons (Fsp3) is 0.250. The topological polar surface area (TPSA) is 34.1 Å². The van der Waals surface area contributed by atoms with Crippen LogP contribution in [0.5, 0.6) is 0 Å². The van der Waals surface area contributed by atoms with E-state index in [-0.39, 0.29) is 10.6 Å². The Morgan fingerprint density at radius 1 is 1.14 bits per heavy atom. The van der Waals surface area contributed by atoms with E-state index in [1.54, 1.807) is 0 Å². The van der Waals surface area contributed by atoms with Crippen LogP contribution < -0.4 is 0 Å². The Morgan fingerprint density at radius 3 is 2.07 bits per heavy atom. The van der Waals surface area contributed by atoms with Gasteiger partial charge in [-0.1, -0.05) is 11.6 Å². The number of hydrogen-bond donors (Lipinski definition) is 0. The van der Waals surface area contributed by atoms with Gasteiger partial charge in [0, 0.05) is 5.02 Å². The van der Waals surface area contributed by atoms with Crippen molar-refractivity contribution in [3.63, 3.8) is 0 Å². The van der Waals surface area contributed by atoms with Gasteiger partial charge in [-0.3, -0.25) is 0 Å². The minimum Gasteiger partial charge on any atom is -0.224 e. The van der Waals surface area contributed by atoms with Crippen LogP contribution in [-0.4, -0.2) is 19.0 Å². The maximum atomic E-state index is 11.5. The lowest BCUT2D eigenvalue weighted by atomic mass is 10.4. The predicted octanol–water partition coefficient (Wildman–Crippen LogP) is 2.92. The van der Waals surface area contributed by atoms with Crippen LogP contribution in [0, 0.1) is 0 Å². The van der Waals surface area contributed by atoms with Crippen LogP contribution in [0.4, 0.5) is 0 Å². The van der Waals surface area contributed by atoms with Gasteiger partial charge >= 0.3 is 0 Å². The largest absolute Gasteiger partial charge is 0.224 e. The molecule has 0 bridgehead atoms. The molecule has 0 aliphatic rings.